The zero-order valence-corrected chi connectivity index (χ0v) is 11.6. The fourth-order valence-corrected chi connectivity index (χ4v) is 2.59. The molecular formula is C16H25N. The van der Waals surface area contributed by atoms with Crippen molar-refractivity contribution in [3.8, 4) is 0 Å². The molecular weight excluding hydrogens is 206 g/mol. The van der Waals surface area contributed by atoms with Crippen LogP contribution in [-0.4, -0.2) is 13.1 Å². The molecule has 2 unspecified atom stereocenters. The number of rotatable bonds is 5. The number of hydrogen-bond donors (Lipinski definition) is 1. The smallest absolute Gasteiger partial charge is 0.00143 e. The van der Waals surface area contributed by atoms with Crippen molar-refractivity contribution in [2.45, 2.75) is 40.0 Å². The van der Waals surface area contributed by atoms with Gasteiger partial charge < -0.3 is 5.32 Å². The first-order chi connectivity index (χ1) is 8.09. The summed E-state index contributed by atoms with van der Waals surface area (Å²) in [6, 6.07) is 6.73. The molecule has 0 heterocycles. The largest absolute Gasteiger partial charge is 0.316 e. The molecule has 1 aliphatic rings. The summed E-state index contributed by atoms with van der Waals surface area (Å²) in [5, 5.41) is 3.58. The van der Waals surface area contributed by atoms with Gasteiger partial charge in [-0.2, -0.15) is 0 Å². The van der Waals surface area contributed by atoms with E-state index < -0.39 is 0 Å². The van der Waals surface area contributed by atoms with Crippen molar-refractivity contribution in [3.63, 3.8) is 0 Å². The highest BCUT2D eigenvalue weighted by Gasteiger charge is 2.38. The van der Waals surface area contributed by atoms with Crippen molar-refractivity contribution in [1.82, 2.24) is 5.32 Å². The molecule has 1 N–H and O–H groups in total. The lowest BCUT2D eigenvalue weighted by Gasteiger charge is -2.09. The molecule has 17 heavy (non-hydrogen) atoms. The molecule has 0 saturated heterocycles. The summed E-state index contributed by atoms with van der Waals surface area (Å²) in [6.45, 7) is 11.4. The Balaban J connectivity index is 1.88. The van der Waals surface area contributed by atoms with E-state index in [4.69, 9.17) is 0 Å². The van der Waals surface area contributed by atoms with Gasteiger partial charge in [0.15, 0.2) is 0 Å². The van der Waals surface area contributed by atoms with Gasteiger partial charge in [0, 0.05) is 0 Å². The third-order valence-electron chi connectivity index (χ3n) is 3.93. The van der Waals surface area contributed by atoms with Crippen LogP contribution >= 0.6 is 0 Å². The van der Waals surface area contributed by atoms with Gasteiger partial charge in [0.1, 0.15) is 0 Å². The van der Waals surface area contributed by atoms with Crippen molar-refractivity contribution in [3.05, 3.63) is 34.9 Å². The summed E-state index contributed by atoms with van der Waals surface area (Å²) >= 11 is 0. The Labute approximate surface area is 106 Å². The molecule has 0 aromatic heterocycles. The van der Waals surface area contributed by atoms with Crippen molar-refractivity contribution in [2.75, 3.05) is 13.1 Å². The van der Waals surface area contributed by atoms with Gasteiger partial charge in [-0.1, -0.05) is 32.0 Å². The molecule has 2 atom stereocenters. The van der Waals surface area contributed by atoms with Crippen LogP contribution < -0.4 is 5.32 Å². The quantitative estimate of drug-likeness (QED) is 0.815. The summed E-state index contributed by atoms with van der Waals surface area (Å²) in [4.78, 5) is 0. The SMILES string of the molecule is Cc1cccc(C2CC2CNCC(C)C)c1C. The summed E-state index contributed by atoms with van der Waals surface area (Å²) in [5.74, 6) is 2.44. The lowest BCUT2D eigenvalue weighted by molar-refractivity contribution is 0.532. The molecule has 1 saturated carbocycles. The minimum atomic E-state index is 0.757. The fourth-order valence-electron chi connectivity index (χ4n) is 2.59. The van der Waals surface area contributed by atoms with E-state index in [-0.39, 0.29) is 0 Å². The van der Waals surface area contributed by atoms with Crippen LogP contribution in [-0.2, 0) is 0 Å². The molecule has 1 heteroatoms. The number of hydrogen-bond acceptors (Lipinski definition) is 1. The van der Waals surface area contributed by atoms with Crippen LogP contribution in [0.25, 0.3) is 0 Å². The van der Waals surface area contributed by atoms with E-state index >= 15 is 0 Å². The number of benzene rings is 1. The minimum Gasteiger partial charge on any atom is -0.316 e. The van der Waals surface area contributed by atoms with Crippen LogP contribution in [0, 0.1) is 25.7 Å². The molecule has 1 fully saturated rings. The molecule has 0 bridgehead atoms. The highest BCUT2D eigenvalue weighted by molar-refractivity contribution is 5.38. The summed E-state index contributed by atoms with van der Waals surface area (Å²) in [6.07, 6.45) is 1.37. The van der Waals surface area contributed by atoms with Gasteiger partial charge >= 0.3 is 0 Å². The average molecular weight is 231 g/mol. The van der Waals surface area contributed by atoms with Crippen molar-refractivity contribution in [2.24, 2.45) is 11.8 Å². The standard InChI is InChI=1S/C16H25N/c1-11(2)9-17-10-14-8-16(14)15-7-5-6-12(3)13(15)4/h5-7,11,14,16-17H,8-10H2,1-4H3. The van der Waals surface area contributed by atoms with Crippen LogP contribution in [0.5, 0.6) is 0 Å². The molecule has 0 amide bonds. The van der Waals surface area contributed by atoms with Crippen LogP contribution in [0.3, 0.4) is 0 Å². The van der Waals surface area contributed by atoms with Crippen LogP contribution in [0.4, 0.5) is 0 Å². The van der Waals surface area contributed by atoms with Crippen molar-refractivity contribution < 1.29 is 0 Å². The van der Waals surface area contributed by atoms with Crippen LogP contribution in [0.1, 0.15) is 42.9 Å². The maximum absolute atomic E-state index is 3.58. The predicted molar refractivity (Wildman–Crippen MR) is 74.5 cm³/mol. The zero-order chi connectivity index (χ0) is 12.4. The highest BCUT2D eigenvalue weighted by Crippen LogP contribution is 2.48. The second kappa shape index (κ2) is 5.22. The lowest BCUT2D eigenvalue weighted by Crippen LogP contribution is -2.22. The van der Waals surface area contributed by atoms with E-state index in [1.54, 1.807) is 5.56 Å². The first-order valence-electron chi connectivity index (χ1n) is 6.86. The number of nitrogens with one attached hydrogen (secondary N) is 1. The van der Waals surface area contributed by atoms with Gasteiger partial charge in [0.25, 0.3) is 0 Å². The van der Waals surface area contributed by atoms with E-state index in [2.05, 4.69) is 51.2 Å². The Morgan fingerprint density at radius 2 is 2.06 bits per heavy atom. The third-order valence-corrected chi connectivity index (χ3v) is 3.93. The molecule has 0 aliphatic heterocycles. The lowest BCUT2D eigenvalue weighted by atomic mass is 9.99. The Bertz CT molecular complexity index is 381. The number of aryl methyl sites for hydroxylation is 1. The van der Waals surface area contributed by atoms with E-state index in [0.717, 1.165) is 24.3 Å². The van der Waals surface area contributed by atoms with Crippen molar-refractivity contribution >= 4 is 0 Å². The zero-order valence-electron chi connectivity index (χ0n) is 11.6. The van der Waals surface area contributed by atoms with Gasteiger partial charge in [0.2, 0.25) is 0 Å². The minimum absolute atomic E-state index is 0.757. The Hall–Kier alpha value is -0.820. The molecule has 1 nitrogen and oxygen atoms in total. The summed E-state index contributed by atoms with van der Waals surface area (Å²) in [7, 11) is 0. The normalized spacial score (nSPS) is 23.1. The van der Waals surface area contributed by atoms with E-state index in [9.17, 15) is 0 Å². The van der Waals surface area contributed by atoms with Crippen LogP contribution in [0.15, 0.2) is 18.2 Å². The first-order valence-corrected chi connectivity index (χ1v) is 6.86. The molecule has 2 rings (SSSR count). The second-order valence-electron chi connectivity index (χ2n) is 5.94. The monoisotopic (exact) mass is 231 g/mol. The molecule has 94 valence electrons. The third kappa shape index (κ3) is 3.10. The Morgan fingerprint density at radius 3 is 2.76 bits per heavy atom. The summed E-state index contributed by atoms with van der Waals surface area (Å²) in [5.41, 5.74) is 4.52. The maximum Gasteiger partial charge on any atom is -0.00143 e. The second-order valence-corrected chi connectivity index (χ2v) is 5.94. The van der Waals surface area contributed by atoms with Gasteiger partial charge in [-0.15, -0.1) is 0 Å². The van der Waals surface area contributed by atoms with Gasteiger partial charge in [-0.25, -0.2) is 0 Å². The van der Waals surface area contributed by atoms with Gasteiger partial charge in [-0.05, 0) is 67.8 Å². The fraction of sp³-hybridized carbons (Fsp3) is 0.625. The molecule has 1 aliphatic carbocycles. The Kier molecular flexibility index (Phi) is 3.88. The molecule has 1 aromatic rings. The van der Waals surface area contributed by atoms with Gasteiger partial charge in [0.05, 0.1) is 0 Å². The highest BCUT2D eigenvalue weighted by atomic mass is 14.9. The maximum atomic E-state index is 3.58. The van der Waals surface area contributed by atoms with E-state index in [1.807, 2.05) is 0 Å². The van der Waals surface area contributed by atoms with E-state index in [0.29, 0.717) is 0 Å². The molecule has 0 spiro atoms. The Morgan fingerprint density at radius 1 is 1.29 bits per heavy atom. The average Bonchev–Trinajstić information content (AvgIpc) is 3.01. The molecule has 0 radical (unpaired) electrons. The van der Waals surface area contributed by atoms with Crippen LogP contribution in [0.2, 0.25) is 0 Å². The van der Waals surface area contributed by atoms with E-state index in [1.165, 1.54) is 24.1 Å². The first kappa shape index (κ1) is 12.6. The predicted octanol–water partition coefficient (Wildman–Crippen LogP) is 3.65. The summed E-state index contributed by atoms with van der Waals surface area (Å²) < 4.78 is 0. The topological polar surface area (TPSA) is 12.0 Å². The van der Waals surface area contributed by atoms with Crippen molar-refractivity contribution in [1.29, 1.82) is 0 Å². The van der Waals surface area contributed by atoms with Gasteiger partial charge in [-0.3, -0.25) is 0 Å². The molecule has 1 aromatic carbocycles.